The van der Waals surface area contributed by atoms with E-state index < -0.39 is 30.2 Å². The van der Waals surface area contributed by atoms with Crippen molar-refractivity contribution >= 4 is 35.1 Å². The van der Waals surface area contributed by atoms with Crippen molar-refractivity contribution in [2.45, 2.75) is 70.5 Å². The molecule has 0 spiro atoms. The van der Waals surface area contributed by atoms with Gasteiger partial charge in [0.15, 0.2) is 0 Å². The Kier molecular flexibility index (Phi) is 12.6. The molecule has 0 saturated carbocycles. The lowest BCUT2D eigenvalue weighted by molar-refractivity contribution is -0.192. The van der Waals surface area contributed by atoms with Crippen LogP contribution in [0.4, 0.5) is 27.6 Å². The van der Waals surface area contributed by atoms with Crippen LogP contribution in [0.3, 0.4) is 0 Å². The van der Waals surface area contributed by atoms with Gasteiger partial charge in [-0.3, -0.25) is 9.48 Å². The van der Waals surface area contributed by atoms with Crippen molar-refractivity contribution in [1.29, 1.82) is 0 Å². The predicted molar refractivity (Wildman–Crippen MR) is 173 cm³/mol. The summed E-state index contributed by atoms with van der Waals surface area (Å²) in [6.45, 7) is 6.42. The second kappa shape index (κ2) is 16.5. The molecule has 1 atom stereocenters. The van der Waals surface area contributed by atoms with Gasteiger partial charge in [0, 0.05) is 48.9 Å². The fourth-order valence-corrected chi connectivity index (χ4v) is 6.42. The highest BCUT2D eigenvalue weighted by Crippen LogP contribution is 2.39. The maximum absolute atomic E-state index is 14.2. The largest absolute Gasteiger partial charge is 0.490 e. The Morgan fingerprint density at radius 3 is 2.24 bits per heavy atom. The van der Waals surface area contributed by atoms with Crippen molar-refractivity contribution in [3.05, 3.63) is 70.5 Å². The Morgan fingerprint density at radius 1 is 1.02 bits per heavy atom. The number of carboxylic acids is 1. The number of ether oxygens (including phenoxy) is 1. The third-order valence-corrected chi connectivity index (χ3v) is 8.90. The normalized spacial score (nSPS) is 17.0. The molecule has 49 heavy (non-hydrogen) atoms. The number of halogens is 6. The number of aromatic nitrogens is 2. The summed E-state index contributed by atoms with van der Waals surface area (Å²) in [6, 6.07) is 14.0. The molecule has 0 radical (unpaired) electrons. The van der Waals surface area contributed by atoms with Crippen LogP contribution in [0.15, 0.2) is 48.7 Å². The molecule has 5 rings (SSSR count). The number of carbonyl (C=O) groups excluding carboxylic acids is 2. The van der Waals surface area contributed by atoms with Gasteiger partial charge >= 0.3 is 18.1 Å². The molecule has 3 heterocycles. The molecule has 9 nitrogen and oxygen atoms in total. The first kappa shape index (κ1) is 37.6. The zero-order valence-corrected chi connectivity index (χ0v) is 27.8. The molecule has 2 fully saturated rings. The number of rotatable bonds is 8. The van der Waals surface area contributed by atoms with Gasteiger partial charge in [-0.05, 0) is 61.8 Å². The van der Waals surface area contributed by atoms with E-state index in [0.29, 0.717) is 30.3 Å². The van der Waals surface area contributed by atoms with Crippen molar-refractivity contribution in [3.8, 4) is 11.1 Å². The number of benzene rings is 2. The summed E-state index contributed by atoms with van der Waals surface area (Å²) in [5, 5.41) is 11.9. The number of alkyl halides is 5. The SMILES string of the molecule is CCOC(=O)c1cnn(C2CCCN(c3cc(Cl)ccc3-c3ccc(C4CCN(C(=O)CC)CC4)cc3)C2)c1C(F)F.O=C(O)C(F)(F)F. The second-order valence-electron chi connectivity index (χ2n) is 11.7. The van der Waals surface area contributed by atoms with Gasteiger partial charge in [-0.15, -0.1) is 0 Å². The molecule has 1 aromatic heterocycles. The lowest BCUT2D eigenvalue weighted by atomic mass is 9.88. The van der Waals surface area contributed by atoms with Gasteiger partial charge in [-0.2, -0.15) is 18.3 Å². The van der Waals surface area contributed by atoms with Gasteiger partial charge in [0.2, 0.25) is 5.91 Å². The summed E-state index contributed by atoms with van der Waals surface area (Å²) in [5.41, 5.74) is 3.68. The van der Waals surface area contributed by atoms with E-state index in [9.17, 15) is 31.5 Å². The van der Waals surface area contributed by atoms with Crippen molar-refractivity contribution in [1.82, 2.24) is 14.7 Å². The van der Waals surface area contributed by atoms with E-state index in [1.54, 1.807) is 6.92 Å². The number of hydrogen-bond donors (Lipinski definition) is 1. The molecule has 3 aromatic rings. The van der Waals surface area contributed by atoms with Gasteiger partial charge in [0.1, 0.15) is 11.3 Å². The van der Waals surface area contributed by atoms with E-state index in [-0.39, 0.29) is 24.1 Å². The molecule has 15 heteroatoms. The number of nitrogens with zero attached hydrogens (tertiary/aromatic N) is 4. The number of anilines is 1. The van der Waals surface area contributed by atoms with Crippen molar-refractivity contribution in [3.63, 3.8) is 0 Å². The molecule has 0 aliphatic carbocycles. The molecule has 1 amide bonds. The number of amides is 1. The molecule has 0 bridgehead atoms. The van der Waals surface area contributed by atoms with Crippen molar-refractivity contribution in [2.24, 2.45) is 0 Å². The van der Waals surface area contributed by atoms with Crippen LogP contribution in [0.5, 0.6) is 0 Å². The predicted octanol–water partition coefficient (Wildman–Crippen LogP) is 7.91. The summed E-state index contributed by atoms with van der Waals surface area (Å²) in [4.78, 5) is 37.4. The number of likely N-dealkylation sites (tertiary alicyclic amines) is 1. The Balaban J connectivity index is 0.000000698. The first-order chi connectivity index (χ1) is 23.2. The Labute approximate surface area is 285 Å². The first-order valence-electron chi connectivity index (χ1n) is 16.0. The molecule has 1 N–H and O–H groups in total. The van der Waals surface area contributed by atoms with E-state index in [0.717, 1.165) is 55.7 Å². The van der Waals surface area contributed by atoms with E-state index in [1.165, 1.54) is 16.4 Å². The number of aliphatic carboxylic acids is 1. The average molecular weight is 713 g/mol. The number of carbonyl (C=O) groups is 3. The molecular formula is C34H38ClF5N4O5. The summed E-state index contributed by atoms with van der Waals surface area (Å²) in [5.74, 6) is -2.90. The van der Waals surface area contributed by atoms with Crippen LogP contribution in [-0.2, 0) is 14.3 Å². The molecule has 1 unspecified atom stereocenters. The van der Waals surface area contributed by atoms with Crippen molar-refractivity contribution < 1.29 is 46.2 Å². The summed E-state index contributed by atoms with van der Waals surface area (Å²) >= 11 is 6.46. The summed E-state index contributed by atoms with van der Waals surface area (Å²) in [6.07, 6.45) is -2.86. The van der Waals surface area contributed by atoms with Crippen molar-refractivity contribution in [2.75, 3.05) is 37.7 Å². The van der Waals surface area contributed by atoms with Crippen LogP contribution < -0.4 is 4.90 Å². The third kappa shape index (κ3) is 9.28. The quantitative estimate of drug-likeness (QED) is 0.187. The van der Waals surface area contributed by atoms with E-state index in [2.05, 4.69) is 34.3 Å². The lowest BCUT2D eigenvalue weighted by Gasteiger charge is -2.36. The second-order valence-corrected chi connectivity index (χ2v) is 12.2. The molecular weight excluding hydrogens is 675 g/mol. The minimum absolute atomic E-state index is 0.0989. The fourth-order valence-electron chi connectivity index (χ4n) is 6.25. The number of hydrogen-bond acceptors (Lipinski definition) is 6. The molecule has 2 saturated heterocycles. The highest BCUT2D eigenvalue weighted by molar-refractivity contribution is 6.31. The van der Waals surface area contributed by atoms with Crippen LogP contribution in [-0.4, -0.2) is 76.6 Å². The Morgan fingerprint density at radius 2 is 1.67 bits per heavy atom. The zero-order valence-electron chi connectivity index (χ0n) is 27.1. The van der Waals surface area contributed by atoms with Crippen LogP contribution in [0.25, 0.3) is 11.1 Å². The molecule has 2 aromatic carbocycles. The van der Waals surface area contributed by atoms with Gasteiger partial charge in [-0.25, -0.2) is 18.4 Å². The first-order valence-corrected chi connectivity index (χ1v) is 16.4. The summed E-state index contributed by atoms with van der Waals surface area (Å²) < 4.78 is 66.3. The number of piperidine rings is 2. The van der Waals surface area contributed by atoms with Gasteiger partial charge < -0.3 is 19.6 Å². The number of esters is 1. The fraction of sp³-hybridized carbons (Fsp3) is 0.471. The topological polar surface area (TPSA) is 105 Å². The maximum atomic E-state index is 14.2. The lowest BCUT2D eigenvalue weighted by Crippen LogP contribution is -2.38. The van der Waals surface area contributed by atoms with E-state index in [4.69, 9.17) is 26.2 Å². The zero-order chi connectivity index (χ0) is 35.9. The highest BCUT2D eigenvalue weighted by Gasteiger charge is 2.38. The minimum Gasteiger partial charge on any atom is -0.475 e. The smallest absolute Gasteiger partial charge is 0.475 e. The average Bonchev–Trinajstić information content (AvgIpc) is 3.54. The number of carboxylic acid groups (broad SMARTS) is 1. The minimum atomic E-state index is -5.08. The Bertz CT molecular complexity index is 1610. The maximum Gasteiger partial charge on any atom is 0.490 e. The van der Waals surface area contributed by atoms with Gasteiger partial charge in [0.25, 0.3) is 6.43 Å². The third-order valence-electron chi connectivity index (χ3n) is 8.66. The highest BCUT2D eigenvalue weighted by atomic mass is 35.5. The summed E-state index contributed by atoms with van der Waals surface area (Å²) in [7, 11) is 0. The molecule has 266 valence electrons. The van der Waals surface area contributed by atoms with Gasteiger partial charge in [0.05, 0.1) is 18.8 Å². The van der Waals surface area contributed by atoms with Crippen LogP contribution >= 0.6 is 11.6 Å². The Hall–Kier alpha value is -4.20. The van der Waals surface area contributed by atoms with Crippen LogP contribution in [0.1, 0.15) is 86.0 Å². The van der Waals surface area contributed by atoms with E-state index in [1.807, 2.05) is 30.0 Å². The monoisotopic (exact) mass is 712 g/mol. The van der Waals surface area contributed by atoms with Crippen LogP contribution in [0, 0.1) is 0 Å². The van der Waals surface area contributed by atoms with Crippen LogP contribution in [0.2, 0.25) is 5.02 Å². The molecule has 2 aliphatic rings. The van der Waals surface area contributed by atoms with E-state index >= 15 is 0 Å². The standard InChI is InChI=1S/C32H37ClF2N4O3.C2HF3O2/c1-3-29(40)37-16-13-22(14-17-37)21-7-9-23(10-8-21)26-12-11-24(33)18-28(26)38-15-5-6-25(20-38)39-30(31(34)35)27(19-36-39)32(41)42-4-2;3-2(4,5)1(6)7/h7-12,18-19,22,25,31H,3-6,13-17,20H2,1-2H3;(H,6,7). The van der Waals surface area contributed by atoms with Gasteiger partial charge in [-0.1, -0.05) is 48.9 Å². The molecule has 2 aliphatic heterocycles.